The lowest BCUT2D eigenvalue weighted by atomic mass is 10.0. The molecule has 2 amide bonds. The number of fused-ring (bicyclic) bond motifs is 4. The Balaban J connectivity index is 1.95. The highest BCUT2D eigenvalue weighted by atomic mass is 32.2. The first kappa shape index (κ1) is 25.5. The number of amides is 2. The number of quaternary nitrogens is 1. The molecular formula is C23H31N4O4S2+. The van der Waals surface area contributed by atoms with Crippen LogP contribution in [0, 0.1) is 5.92 Å². The standard InChI is InChI=1S/C23H30N4O4S2/c1-14(2)19-21(29)31-16(8-4-5-10-32)11-18(28)24-12-15-7-6-9-17(25-15)20-27-23(3,13-33-20)22(30)26-19/h4,6-9,14,16,19,32H,5,10-13H2,1-3H3,(H,24,28)(H,26,30)/p+1. The van der Waals surface area contributed by atoms with Crippen LogP contribution in [-0.4, -0.2) is 57.0 Å². The average molecular weight is 492 g/mol. The maximum atomic E-state index is 13.2. The minimum Gasteiger partial charge on any atom is -0.456 e. The number of nitrogens with one attached hydrogen (secondary N) is 1. The maximum Gasteiger partial charge on any atom is 0.329 e. The van der Waals surface area contributed by atoms with E-state index in [-0.39, 0.29) is 24.2 Å². The summed E-state index contributed by atoms with van der Waals surface area (Å²) in [6.07, 6.45) is 3.54. The van der Waals surface area contributed by atoms with Crippen molar-refractivity contribution in [3.8, 4) is 0 Å². The first-order valence-corrected chi connectivity index (χ1v) is 12.7. The van der Waals surface area contributed by atoms with Crippen molar-refractivity contribution < 1.29 is 24.4 Å². The van der Waals surface area contributed by atoms with E-state index in [1.165, 1.54) is 11.8 Å². The summed E-state index contributed by atoms with van der Waals surface area (Å²) in [5.74, 6) is -0.167. The molecule has 2 aliphatic heterocycles. The second kappa shape index (κ2) is 11.3. The lowest BCUT2D eigenvalue weighted by Crippen LogP contribution is -2.86. The van der Waals surface area contributed by atoms with Crippen molar-refractivity contribution in [2.24, 2.45) is 10.9 Å². The molecule has 3 atom stereocenters. The van der Waals surface area contributed by atoms with Gasteiger partial charge in [-0.25, -0.2) is 14.6 Å². The molecular weight excluding hydrogens is 460 g/mol. The lowest BCUT2D eigenvalue weighted by molar-refractivity contribution is -0.585. The van der Waals surface area contributed by atoms with Gasteiger partial charge in [0.25, 0.3) is 0 Å². The second-order valence-corrected chi connectivity index (χ2v) is 10.1. The molecule has 1 aromatic heterocycles. The molecule has 4 bridgehead atoms. The number of cyclic esters (lactones) is 1. The van der Waals surface area contributed by atoms with Gasteiger partial charge in [-0.3, -0.25) is 15.1 Å². The van der Waals surface area contributed by atoms with Gasteiger partial charge in [0.05, 0.1) is 11.4 Å². The molecule has 178 valence electrons. The number of thioether (sulfide) groups is 1. The van der Waals surface area contributed by atoms with Gasteiger partial charge in [-0.05, 0) is 43.2 Å². The molecule has 8 nitrogen and oxygen atoms in total. The van der Waals surface area contributed by atoms with Gasteiger partial charge in [-0.15, -0.1) is 11.8 Å². The number of hydrogen-bond donors (Lipinski definition) is 3. The number of rotatable bonds is 4. The maximum absolute atomic E-state index is 13.2. The number of ether oxygens (including phenoxy) is 1. The number of allylic oxidation sites excluding steroid dienone is 1. The number of aromatic nitrogens is 1. The monoisotopic (exact) mass is 491 g/mol. The van der Waals surface area contributed by atoms with E-state index in [4.69, 9.17) is 4.74 Å². The molecule has 0 spiro atoms. The van der Waals surface area contributed by atoms with Gasteiger partial charge in [0.15, 0.2) is 0 Å². The van der Waals surface area contributed by atoms with E-state index in [1.807, 2.05) is 38.1 Å². The molecule has 3 unspecified atom stereocenters. The molecule has 10 heteroatoms. The van der Waals surface area contributed by atoms with Crippen molar-refractivity contribution in [3.63, 3.8) is 0 Å². The van der Waals surface area contributed by atoms with Gasteiger partial charge >= 0.3 is 11.9 Å². The number of thiol groups is 1. The summed E-state index contributed by atoms with van der Waals surface area (Å²) in [5.41, 5.74) is 0.388. The molecule has 3 heterocycles. The smallest absolute Gasteiger partial charge is 0.329 e. The highest BCUT2D eigenvalue weighted by molar-refractivity contribution is 8.14. The van der Waals surface area contributed by atoms with Crippen LogP contribution in [0.25, 0.3) is 0 Å². The minimum absolute atomic E-state index is 0.0214. The number of carbonyl (C=O) groups excluding carboxylic acids is 3. The van der Waals surface area contributed by atoms with Crippen LogP contribution in [-0.2, 0) is 25.7 Å². The fourth-order valence-corrected chi connectivity index (χ4v) is 4.74. The molecule has 0 radical (unpaired) electrons. The summed E-state index contributed by atoms with van der Waals surface area (Å²) in [6.45, 7) is 5.79. The molecule has 0 fully saturated rings. The van der Waals surface area contributed by atoms with E-state index in [1.54, 1.807) is 18.3 Å². The van der Waals surface area contributed by atoms with Crippen LogP contribution >= 0.6 is 24.4 Å². The molecule has 3 rings (SSSR count). The van der Waals surface area contributed by atoms with Gasteiger partial charge in [-0.2, -0.15) is 12.6 Å². The summed E-state index contributed by atoms with van der Waals surface area (Å²) in [7, 11) is 0. The van der Waals surface area contributed by atoms with Crippen LogP contribution in [0.5, 0.6) is 0 Å². The third-order valence-corrected chi connectivity index (χ3v) is 6.95. The highest BCUT2D eigenvalue weighted by Gasteiger charge is 2.41. The fourth-order valence-electron chi connectivity index (χ4n) is 3.45. The predicted octanol–water partition coefficient (Wildman–Crippen LogP) is 1.26. The van der Waals surface area contributed by atoms with Crippen LogP contribution < -0.4 is 10.6 Å². The summed E-state index contributed by atoms with van der Waals surface area (Å²) in [5, 5.41) is 5.08. The largest absolute Gasteiger partial charge is 0.456 e. The first-order chi connectivity index (χ1) is 15.7. The number of nitrogens with zero attached hydrogens (tertiary/aromatic N) is 2. The van der Waals surface area contributed by atoms with Gasteiger partial charge in [0, 0.05) is 5.75 Å². The number of nitrogens with two attached hydrogens (primary N) is 1. The Bertz CT molecular complexity index is 966. The van der Waals surface area contributed by atoms with Gasteiger partial charge in [-0.1, -0.05) is 26.0 Å². The summed E-state index contributed by atoms with van der Waals surface area (Å²) in [6, 6.07) is 4.71. The molecule has 0 aliphatic carbocycles. The zero-order valence-electron chi connectivity index (χ0n) is 19.1. The van der Waals surface area contributed by atoms with E-state index in [0.29, 0.717) is 35.2 Å². The van der Waals surface area contributed by atoms with E-state index in [2.05, 4.69) is 27.9 Å². The molecule has 0 aromatic carbocycles. The quantitative estimate of drug-likeness (QED) is 0.332. The Labute approximate surface area is 203 Å². The topological polar surface area (TPSA) is 114 Å². The van der Waals surface area contributed by atoms with E-state index in [0.717, 1.165) is 5.69 Å². The van der Waals surface area contributed by atoms with Crippen LogP contribution in [0.4, 0.5) is 0 Å². The third-order valence-electron chi connectivity index (χ3n) is 5.42. The lowest BCUT2D eigenvalue weighted by Gasteiger charge is -2.27. The Morgan fingerprint density at radius 3 is 2.88 bits per heavy atom. The third kappa shape index (κ3) is 6.68. The predicted molar refractivity (Wildman–Crippen MR) is 131 cm³/mol. The number of hydrogen-bond acceptors (Lipinski definition) is 8. The zero-order valence-corrected chi connectivity index (χ0v) is 20.8. The van der Waals surface area contributed by atoms with E-state index < -0.39 is 23.7 Å². The molecule has 0 saturated heterocycles. The van der Waals surface area contributed by atoms with E-state index in [9.17, 15) is 14.4 Å². The Morgan fingerprint density at radius 1 is 1.36 bits per heavy atom. The van der Waals surface area contributed by atoms with Crippen molar-refractivity contribution in [2.75, 3.05) is 11.5 Å². The average Bonchev–Trinajstić information content (AvgIpc) is 3.19. The zero-order chi connectivity index (χ0) is 24.0. The summed E-state index contributed by atoms with van der Waals surface area (Å²) in [4.78, 5) is 48.1. The Hall–Kier alpha value is -2.17. The van der Waals surface area contributed by atoms with Crippen LogP contribution in [0.1, 0.15) is 45.0 Å². The van der Waals surface area contributed by atoms with Gasteiger partial charge in [0.2, 0.25) is 5.91 Å². The van der Waals surface area contributed by atoms with Gasteiger partial charge < -0.3 is 10.1 Å². The van der Waals surface area contributed by atoms with Crippen LogP contribution in [0.3, 0.4) is 0 Å². The fraction of sp³-hybridized carbons (Fsp3) is 0.522. The molecule has 2 aliphatic rings. The number of aliphatic imine (C=N–C) groups is 1. The van der Waals surface area contributed by atoms with Crippen LogP contribution in [0.2, 0.25) is 0 Å². The van der Waals surface area contributed by atoms with Crippen molar-refractivity contribution in [3.05, 3.63) is 41.7 Å². The molecule has 33 heavy (non-hydrogen) atoms. The van der Waals surface area contributed by atoms with E-state index >= 15 is 0 Å². The highest BCUT2D eigenvalue weighted by Crippen LogP contribution is 2.31. The summed E-state index contributed by atoms with van der Waals surface area (Å²) < 4.78 is 5.68. The second-order valence-electron chi connectivity index (χ2n) is 8.68. The summed E-state index contributed by atoms with van der Waals surface area (Å²) >= 11 is 5.64. The van der Waals surface area contributed by atoms with Crippen LogP contribution in [0.15, 0.2) is 35.3 Å². The Kier molecular flexibility index (Phi) is 8.72. The molecule has 3 N–H and O–H groups in total. The van der Waals surface area contributed by atoms with Crippen molar-refractivity contribution in [1.29, 1.82) is 0 Å². The van der Waals surface area contributed by atoms with Crippen molar-refractivity contribution in [2.45, 2.75) is 57.8 Å². The normalized spacial score (nSPS) is 26.9. The minimum atomic E-state index is -1.02. The van der Waals surface area contributed by atoms with Gasteiger partial charge in [0.1, 0.15) is 35.7 Å². The van der Waals surface area contributed by atoms with Crippen molar-refractivity contribution >= 4 is 47.2 Å². The SMILES string of the molecule is CC(C)C1NC(=O)C2(C)CSC(=N2)c2cccc(n2)C[NH2+]C(=O)CC(C=CCCS)OC1=O. The number of esters is 1. The molecule has 0 saturated carbocycles. The number of pyridine rings is 1. The molecule has 1 aromatic rings. The Morgan fingerprint density at radius 2 is 2.15 bits per heavy atom. The number of carbonyl (C=O) groups is 3. The van der Waals surface area contributed by atoms with Crippen molar-refractivity contribution in [1.82, 2.24) is 10.3 Å². The first-order valence-electron chi connectivity index (χ1n) is 11.1. The number of primary amides is 1.